The van der Waals surface area contributed by atoms with Gasteiger partial charge >= 0.3 is 0 Å². The first-order valence-corrected chi connectivity index (χ1v) is 6.90. The molecule has 18 heavy (non-hydrogen) atoms. The summed E-state index contributed by atoms with van der Waals surface area (Å²) in [5, 5.41) is 4.16. The van der Waals surface area contributed by atoms with Crippen LogP contribution in [0.4, 0.5) is 5.69 Å². The van der Waals surface area contributed by atoms with E-state index in [4.69, 9.17) is 16.3 Å². The predicted octanol–water partition coefficient (Wildman–Crippen LogP) is 3.97. The summed E-state index contributed by atoms with van der Waals surface area (Å²) in [6.07, 6.45) is 7.46. The first kappa shape index (κ1) is 11.9. The molecule has 0 aliphatic heterocycles. The van der Waals surface area contributed by atoms with Gasteiger partial charge < -0.3 is 10.1 Å². The number of anilines is 1. The summed E-state index contributed by atoms with van der Waals surface area (Å²) in [7, 11) is 1.64. The van der Waals surface area contributed by atoms with Crippen LogP contribution in [0.3, 0.4) is 0 Å². The molecule has 3 unspecified atom stereocenters. The Bertz CT molecular complexity index is 472. The van der Waals surface area contributed by atoms with Crippen LogP contribution in [0.1, 0.15) is 12.8 Å². The number of rotatable bonds is 4. The number of hydrogen-bond donors (Lipinski definition) is 1. The summed E-state index contributed by atoms with van der Waals surface area (Å²) in [6, 6.07) is 5.85. The van der Waals surface area contributed by atoms with Crippen LogP contribution in [0.25, 0.3) is 0 Å². The van der Waals surface area contributed by atoms with E-state index < -0.39 is 0 Å². The summed E-state index contributed by atoms with van der Waals surface area (Å²) < 4.78 is 5.22. The summed E-state index contributed by atoms with van der Waals surface area (Å²) in [5.41, 5.74) is 1.09. The summed E-state index contributed by atoms with van der Waals surface area (Å²) >= 11 is 6.01. The van der Waals surface area contributed by atoms with Gasteiger partial charge in [-0.25, -0.2) is 0 Å². The van der Waals surface area contributed by atoms with Gasteiger partial charge in [-0.3, -0.25) is 0 Å². The minimum absolute atomic E-state index is 0.658. The molecule has 0 radical (unpaired) electrons. The van der Waals surface area contributed by atoms with Crippen LogP contribution in [0.15, 0.2) is 30.4 Å². The molecule has 0 aromatic heterocycles. The Morgan fingerprint density at radius 2 is 2.22 bits per heavy atom. The van der Waals surface area contributed by atoms with E-state index in [-0.39, 0.29) is 0 Å². The molecule has 3 rings (SSSR count). The number of halogens is 1. The van der Waals surface area contributed by atoms with E-state index in [0.717, 1.165) is 35.7 Å². The molecular formula is C15H18ClNO. The maximum Gasteiger partial charge on any atom is 0.139 e. The van der Waals surface area contributed by atoms with Crippen molar-refractivity contribution < 1.29 is 4.74 Å². The fourth-order valence-corrected chi connectivity index (χ4v) is 3.34. The van der Waals surface area contributed by atoms with Gasteiger partial charge in [0.15, 0.2) is 0 Å². The highest BCUT2D eigenvalue weighted by Crippen LogP contribution is 2.43. The molecule has 3 heteroatoms. The summed E-state index contributed by atoms with van der Waals surface area (Å²) in [6.45, 7) is 1.04. The van der Waals surface area contributed by atoms with Crippen LogP contribution in [0, 0.1) is 17.8 Å². The van der Waals surface area contributed by atoms with E-state index in [1.165, 1.54) is 12.8 Å². The Hall–Kier alpha value is -1.15. The van der Waals surface area contributed by atoms with Crippen molar-refractivity contribution in [3.05, 3.63) is 35.4 Å². The Labute approximate surface area is 113 Å². The minimum Gasteiger partial charge on any atom is -0.495 e. The molecule has 2 aliphatic rings. The lowest BCUT2D eigenvalue weighted by Crippen LogP contribution is -2.18. The first-order valence-electron chi connectivity index (χ1n) is 6.52. The molecule has 2 bridgehead atoms. The molecule has 96 valence electrons. The third-order valence-corrected chi connectivity index (χ3v) is 4.45. The van der Waals surface area contributed by atoms with E-state index >= 15 is 0 Å². The maximum absolute atomic E-state index is 6.01. The zero-order chi connectivity index (χ0) is 12.5. The van der Waals surface area contributed by atoms with E-state index in [9.17, 15) is 0 Å². The van der Waals surface area contributed by atoms with Gasteiger partial charge in [0.2, 0.25) is 0 Å². The zero-order valence-corrected chi connectivity index (χ0v) is 11.3. The molecule has 2 aliphatic carbocycles. The number of methoxy groups -OCH3 is 1. The lowest BCUT2D eigenvalue weighted by Gasteiger charge is -2.19. The molecule has 1 aromatic carbocycles. The van der Waals surface area contributed by atoms with Gasteiger partial charge in [-0.05, 0) is 42.7 Å². The van der Waals surface area contributed by atoms with Gasteiger partial charge in [0, 0.05) is 18.3 Å². The van der Waals surface area contributed by atoms with Crippen molar-refractivity contribution in [2.45, 2.75) is 12.8 Å². The van der Waals surface area contributed by atoms with Crippen LogP contribution >= 0.6 is 11.6 Å². The molecule has 1 aromatic rings. The standard InChI is InChI=1S/C15H18ClNO/c1-18-15-8-13(4-5-14(15)16)17-9-12-7-10-2-3-11(12)6-10/h2-5,8,10-12,17H,6-7,9H2,1H3. The van der Waals surface area contributed by atoms with Crippen LogP contribution in [0.5, 0.6) is 5.75 Å². The second kappa shape index (κ2) is 4.85. The number of hydrogen-bond acceptors (Lipinski definition) is 2. The quantitative estimate of drug-likeness (QED) is 0.830. The molecule has 1 saturated carbocycles. The lowest BCUT2D eigenvalue weighted by molar-refractivity contribution is 0.415. The summed E-state index contributed by atoms with van der Waals surface area (Å²) in [5.74, 6) is 3.13. The number of ether oxygens (including phenoxy) is 1. The van der Waals surface area contributed by atoms with Gasteiger partial charge in [0.1, 0.15) is 5.75 Å². The van der Waals surface area contributed by atoms with Crippen molar-refractivity contribution in [2.24, 2.45) is 17.8 Å². The molecule has 1 N–H and O–H groups in total. The monoisotopic (exact) mass is 263 g/mol. The van der Waals surface area contributed by atoms with Crippen molar-refractivity contribution in [3.8, 4) is 5.75 Å². The van der Waals surface area contributed by atoms with E-state index in [1.54, 1.807) is 7.11 Å². The number of allylic oxidation sites excluding steroid dienone is 2. The van der Waals surface area contributed by atoms with Crippen molar-refractivity contribution in [2.75, 3.05) is 19.0 Å². The third kappa shape index (κ3) is 2.22. The second-order valence-corrected chi connectivity index (χ2v) is 5.68. The highest BCUT2D eigenvalue weighted by molar-refractivity contribution is 6.32. The van der Waals surface area contributed by atoms with Crippen molar-refractivity contribution in [3.63, 3.8) is 0 Å². The van der Waals surface area contributed by atoms with E-state index in [1.807, 2.05) is 18.2 Å². The van der Waals surface area contributed by atoms with Gasteiger partial charge in [-0.1, -0.05) is 23.8 Å². The highest BCUT2D eigenvalue weighted by Gasteiger charge is 2.35. The van der Waals surface area contributed by atoms with Gasteiger partial charge in [0.25, 0.3) is 0 Å². The fraction of sp³-hybridized carbons (Fsp3) is 0.467. The Morgan fingerprint density at radius 3 is 2.89 bits per heavy atom. The molecular weight excluding hydrogens is 246 g/mol. The second-order valence-electron chi connectivity index (χ2n) is 5.27. The van der Waals surface area contributed by atoms with Gasteiger partial charge in [-0.2, -0.15) is 0 Å². The predicted molar refractivity (Wildman–Crippen MR) is 75.3 cm³/mol. The molecule has 1 fully saturated rings. The van der Waals surface area contributed by atoms with Crippen molar-refractivity contribution >= 4 is 17.3 Å². The fourth-order valence-electron chi connectivity index (χ4n) is 3.15. The largest absolute Gasteiger partial charge is 0.495 e. The van der Waals surface area contributed by atoms with Crippen LogP contribution < -0.4 is 10.1 Å². The first-order chi connectivity index (χ1) is 8.76. The SMILES string of the molecule is COc1cc(NCC2CC3C=CC2C3)ccc1Cl. The van der Waals surface area contributed by atoms with Gasteiger partial charge in [0.05, 0.1) is 12.1 Å². The smallest absolute Gasteiger partial charge is 0.139 e. The zero-order valence-electron chi connectivity index (χ0n) is 10.5. The normalized spacial score (nSPS) is 28.7. The third-order valence-electron chi connectivity index (χ3n) is 4.14. The number of benzene rings is 1. The highest BCUT2D eigenvalue weighted by atomic mass is 35.5. The van der Waals surface area contributed by atoms with Crippen LogP contribution in [0.2, 0.25) is 5.02 Å². The Balaban J connectivity index is 1.62. The van der Waals surface area contributed by atoms with Crippen molar-refractivity contribution in [1.29, 1.82) is 0 Å². The molecule has 0 amide bonds. The maximum atomic E-state index is 6.01. The molecule has 2 nitrogen and oxygen atoms in total. The lowest BCUT2D eigenvalue weighted by atomic mass is 9.93. The average molecular weight is 264 g/mol. The average Bonchev–Trinajstić information content (AvgIpc) is 3.00. The molecule has 0 saturated heterocycles. The Morgan fingerprint density at radius 1 is 1.33 bits per heavy atom. The van der Waals surface area contributed by atoms with Gasteiger partial charge in [-0.15, -0.1) is 0 Å². The Kier molecular flexibility index (Phi) is 3.21. The molecule has 0 heterocycles. The molecule has 3 atom stereocenters. The molecule has 0 spiro atoms. The number of fused-ring (bicyclic) bond motifs is 2. The van der Waals surface area contributed by atoms with Crippen LogP contribution in [-0.2, 0) is 0 Å². The van der Waals surface area contributed by atoms with E-state index in [2.05, 4.69) is 17.5 Å². The number of nitrogens with one attached hydrogen (secondary N) is 1. The minimum atomic E-state index is 0.658. The van der Waals surface area contributed by atoms with E-state index in [0.29, 0.717) is 5.02 Å². The topological polar surface area (TPSA) is 21.3 Å². The van der Waals surface area contributed by atoms with Crippen molar-refractivity contribution in [1.82, 2.24) is 0 Å². The van der Waals surface area contributed by atoms with Crippen LogP contribution in [-0.4, -0.2) is 13.7 Å². The summed E-state index contributed by atoms with van der Waals surface area (Å²) in [4.78, 5) is 0.